The number of benzene rings is 1. The van der Waals surface area contributed by atoms with Crippen molar-refractivity contribution in [3.8, 4) is 0 Å². The Hall–Kier alpha value is -1.70. The Morgan fingerprint density at radius 3 is 2.33 bits per heavy atom. The van der Waals surface area contributed by atoms with Gasteiger partial charge in [-0.3, -0.25) is 0 Å². The molecule has 0 amide bonds. The average molecular weight is 241 g/mol. The zero-order valence-corrected chi connectivity index (χ0v) is 10.8. The predicted molar refractivity (Wildman–Crippen MR) is 74.1 cm³/mol. The van der Waals surface area contributed by atoms with Crippen molar-refractivity contribution in [3.63, 3.8) is 0 Å². The molecule has 1 fully saturated rings. The Morgan fingerprint density at radius 2 is 1.72 bits per heavy atom. The van der Waals surface area contributed by atoms with Crippen molar-refractivity contribution in [3.05, 3.63) is 54.0 Å². The van der Waals surface area contributed by atoms with Crippen molar-refractivity contribution in [2.24, 2.45) is 0 Å². The molecule has 2 heteroatoms. The number of nitrogens with zero attached hydrogens (tertiary/aromatic N) is 1. The molecule has 0 N–H and O–H groups in total. The molecule has 94 valence electrons. The summed E-state index contributed by atoms with van der Waals surface area (Å²) >= 11 is 0. The van der Waals surface area contributed by atoms with Crippen LogP contribution in [0.2, 0.25) is 0 Å². The van der Waals surface area contributed by atoms with Crippen LogP contribution in [0.15, 0.2) is 46.9 Å². The third kappa shape index (κ3) is 2.28. The van der Waals surface area contributed by atoms with E-state index in [0.717, 1.165) is 18.8 Å². The fraction of sp³-hybridized carbons (Fsp3) is 0.375. The second kappa shape index (κ2) is 4.89. The first-order valence-electron chi connectivity index (χ1n) is 6.69. The molecule has 2 heterocycles. The molecule has 0 aliphatic carbocycles. The molecule has 0 saturated carbocycles. The van der Waals surface area contributed by atoms with E-state index in [1.165, 1.54) is 24.3 Å². The molecule has 1 aliphatic heterocycles. The van der Waals surface area contributed by atoms with E-state index in [9.17, 15) is 0 Å². The predicted octanol–water partition coefficient (Wildman–Crippen LogP) is 3.97. The zero-order valence-electron chi connectivity index (χ0n) is 10.8. The van der Waals surface area contributed by atoms with E-state index in [-0.39, 0.29) is 0 Å². The molecule has 2 aromatic rings. The summed E-state index contributed by atoms with van der Waals surface area (Å²) in [5.74, 6) is 2.79. The first-order chi connectivity index (χ1) is 8.83. The molecule has 0 radical (unpaired) electrons. The molecule has 2 nitrogen and oxygen atoms in total. The van der Waals surface area contributed by atoms with Gasteiger partial charge in [0, 0.05) is 24.7 Å². The van der Waals surface area contributed by atoms with E-state index in [0.29, 0.717) is 5.92 Å². The molecule has 18 heavy (non-hydrogen) atoms. The fourth-order valence-electron chi connectivity index (χ4n) is 2.73. The summed E-state index contributed by atoms with van der Waals surface area (Å²) in [7, 11) is 0. The lowest BCUT2D eigenvalue weighted by molar-refractivity contribution is 0.396. The second-order valence-electron chi connectivity index (χ2n) is 5.05. The molecule has 1 aliphatic rings. The molecular formula is C16H19NO. The second-order valence-corrected chi connectivity index (χ2v) is 5.05. The van der Waals surface area contributed by atoms with E-state index < -0.39 is 0 Å². The summed E-state index contributed by atoms with van der Waals surface area (Å²) in [5, 5.41) is 0. The highest BCUT2D eigenvalue weighted by Crippen LogP contribution is 2.31. The molecular weight excluding hydrogens is 222 g/mol. The van der Waals surface area contributed by atoms with E-state index >= 15 is 0 Å². The molecule has 0 spiro atoms. The van der Waals surface area contributed by atoms with Crippen molar-refractivity contribution < 1.29 is 4.42 Å². The zero-order chi connectivity index (χ0) is 12.4. The van der Waals surface area contributed by atoms with Gasteiger partial charge < -0.3 is 9.32 Å². The van der Waals surface area contributed by atoms with Crippen molar-refractivity contribution in [1.82, 2.24) is 0 Å². The standard InChI is InChI=1S/C16H19NO/c1-13-7-8-16(18-13)14-9-11-17(12-10-14)15-5-3-2-4-6-15/h2-8,14H,9-12H2,1H3. The minimum absolute atomic E-state index is 0.596. The first kappa shape index (κ1) is 11.4. The third-order valence-electron chi connectivity index (χ3n) is 3.78. The normalized spacial score (nSPS) is 17.1. The van der Waals surface area contributed by atoms with Gasteiger partial charge in [-0.2, -0.15) is 0 Å². The summed E-state index contributed by atoms with van der Waals surface area (Å²) < 4.78 is 5.75. The largest absolute Gasteiger partial charge is 0.466 e. The number of piperidine rings is 1. The summed E-state index contributed by atoms with van der Waals surface area (Å²) in [6.07, 6.45) is 2.36. The molecule has 0 atom stereocenters. The first-order valence-corrected chi connectivity index (χ1v) is 6.69. The van der Waals surface area contributed by atoms with Crippen LogP contribution in [0.1, 0.15) is 30.3 Å². The van der Waals surface area contributed by atoms with Crippen LogP contribution in [-0.2, 0) is 0 Å². The number of anilines is 1. The highest BCUT2D eigenvalue weighted by molar-refractivity contribution is 5.46. The Kier molecular flexibility index (Phi) is 3.09. The fourth-order valence-corrected chi connectivity index (χ4v) is 2.73. The number of hydrogen-bond donors (Lipinski definition) is 0. The van der Waals surface area contributed by atoms with Gasteiger partial charge in [0.05, 0.1) is 0 Å². The average Bonchev–Trinajstić information content (AvgIpc) is 2.87. The van der Waals surface area contributed by atoms with Gasteiger partial charge in [-0.15, -0.1) is 0 Å². The lowest BCUT2D eigenvalue weighted by Gasteiger charge is -2.32. The maximum atomic E-state index is 5.75. The van der Waals surface area contributed by atoms with Gasteiger partial charge in [-0.25, -0.2) is 0 Å². The Bertz CT molecular complexity index is 495. The minimum atomic E-state index is 0.596. The lowest BCUT2D eigenvalue weighted by atomic mass is 9.94. The molecule has 0 unspecified atom stereocenters. The van der Waals surface area contributed by atoms with Gasteiger partial charge in [0.25, 0.3) is 0 Å². The van der Waals surface area contributed by atoms with Gasteiger partial charge >= 0.3 is 0 Å². The number of furan rings is 1. The maximum Gasteiger partial charge on any atom is 0.107 e. The topological polar surface area (TPSA) is 16.4 Å². The third-order valence-corrected chi connectivity index (χ3v) is 3.78. The Balaban J connectivity index is 1.65. The van der Waals surface area contributed by atoms with Gasteiger partial charge in [-0.05, 0) is 44.0 Å². The van der Waals surface area contributed by atoms with E-state index in [1.54, 1.807) is 0 Å². The Labute approximate surface area is 108 Å². The van der Waals surface area contributed by atoms with Crippen LogP contribution in [0.3, 0.4) is 0 Å². The van der Waals surface area contributed by atoms with E-state index in [1.807, 2.05) is 6.92 Å². The van der Waals surface area contributed by atoms with Crippen LogP contribution in [0, 0.1) is 6.92 Å². The van der Waals surface area contributed by atoms with E-state index in [4.69, 9.17) is 4.42 Å². The summed E-state index contributed by atoms with van der Waals surface area (Å²) in [5.41, 5.74) is 1.34. The SMILES string of the molecule is Cc1ccc(C2CCN(c3ccccc3)CC2)o1. The maximum absolute atomic E-state index is 5.75. The molecule has 1 saturated heterocycles. The highest BCUT2D eigenvalue weighted by atomic mass is 16.3. The van der Waals surface area contributed by atoms with Crippen LogP contribution in [0.5, 0.6) is 0 Å². The van der Waals surface area contributed by atoms with Crippen LogP contribution in [-0.4, -0.2) is 13.1 Å². The van der Waals surface area contributed by atoms with Gasteiger partial charge in [-0.1, -0.05) is 18.2 Å². The Morgan fingerprint density at radius 1 is 1.00 bits per heavy atom. The van der Waals surface area contributed by atoms with Crippen LogP contribution < -0.4 is 4.90 Å². The smallest absolute Gasteiger partial charge is 0.107 e. The minimum Gasteiger partial charge on any atom is -0.466 e. The quantitative estimate of drug-likeness (QED) is 0.791. The van der Waals surface area contributed by atoms with E-state index in [2.05, 4.69) is 47.4 Å². The van der Waals surface area contributed by atoms with Crippen molar-refractivity contribution in [2.45, 2.75) is 25.7 Å². The lowest BCUT2D eigenvalue weighted by Crippen LogP contribution is -2.32. The molecule has 3 rings (SSSR count). The van der Waals surface area contributed by atoms with Crippen molar-refractivity contribution >= 4 is 5.69 Å². The summed E-state index contributed by atoms with van der Waals surface area (Å²) in [6, 6.07) is 14.9. The van der Waals surface area contributed by atoms with Crippen molar-refractivity contribution in [2.75, 3.05) is 18.0 Å². The number of aryl methyl sites for hydroxylation is 1. The number of para-hydroxylation sites is 1. The molecule has 1 aromatic carbocycles. The summed E-state index contributed by atoms with van der Waals surface area (Å²) in [6.45, 7) is 4.26. The number of hydrogen-bond acceptors (Lipinski definition) is 2. The van der Waals surface area contributed by atoms with Gasteiger partial charge in [0.15, 0.2) is 0 Å². The van der Waals surface area contributed by atoms with Gasteiger partial charge in [0.2, 0.25) is 0 Å². The summed E-state index contributed by atoms with van der Waals surface area (Å²) in [4.78, 5) is 2.46. The highest BCUT2D eigenvalue weighted by Gasteiger charge is 2.22. The molecule has 0 bridgehead atoms. The van der Waals surface area contributed by atoms with Crippen LogP contribution in [0.4, 0.5) is 5.69 Å². The monoisotopic (exact) mass is 241 g/mol. The van der Waals surface area contributed by atoms with Crippen LogP contribution >= 0.6 is 0 Å². The van der Waals surface area contributed by atoms with Crippen LogP contribution in [0.25, 0.3) is 0 Å². The number of rotatable bonds is 2. The van der Waals surface area contributed by atoms with Crippen molar-refractivity contribution in [1.29, 1.82) is 0 Å². The molecule has 1 aromatic heterocycles. The van der Waals surface area contributed by atoms with Gasteiger partial charge in [0.1, 0.15) is 11.5 Å².